The number of nitrogens with two attached hydrogens (primary N) is 1. The molecule has 0 amide bonds. The van der Waals surface area contributed by atoms with Crippen molar-refractivity contribution in [2.24, 2.45) is 0 Å². The van der Waals surface area contributed by atoms with Gasteiger partial charge in [0.05, 0.1) is 11.9 Å². The highest BCUT2D eigenvalue weighted by Gasteiger charge is 2.16. The fourth-order valence-corrected chi connectivity index (χ4v) is 2.29. The van der Waals surface area contributed by atoms with Gasteiger partial charge in [-0.25, -0.2) is 9.67 Å². The maximum atomic E-state index is 5.85. The van der Waals surface area contributed by atoms with E-state index < -0.39 is 0 Å². The molecule has 0 spiro atoms. The van der Waals surface area contributed by atoms with Crippen molar-refractivity contribution in [3.63, 3.8) is 0 Å². The summed E-state index contributed by atoms with van der Waals surface area (Å²) < 4.78 is 7.51. The lowest BCUT2D eigenvalue weighted by Gasteiger charge is -2.07. The van der Waals surface area contributed by atoms with Crippen LogP contribution in [-0.2, 0) is 6.54 Å². The Morgan fingerprint density at radius 3 is 2.71 bits per heavy atom. The van der Waals surface area contributed by atoms with Crippen molar-refractivity contribution in [3.8, 4) is 11.3 Å². The molecular weight excluding hydrogens is 266 g/mol. The largest absolute Gasteiger partial charge is 0.439 e. The second-order valence-electron chi connectivity index (χ2n) is 5.16. The van der Waals surface area contributed by atoms with Crippen LogP contribution in [0.2, 0.25) is 0 Å². The normalized spacial score (nSPS) is 11.2. The number of benzene rings is 1. The molecule has 6 heteroatoms. The minimum atomic E-state index is 0.239. The molecule has 0 fully saturated rings. The summed E-state index contributed by atoms with van der Waals surface area (Å²) in [5, 5.41) is 7.98. The van der Waals surface area contributed by atoms with Crippen LogP contribution in [0.4, 0.5) is 5.82 Å². The lowest BCUT2D eigenvalue weighted by Crippen LogP contribution is -2.09. The molecule has 0 bridgehead atoms. The summed E-state index contributed by atoms with van der Waals surface area (Å²) in [6, 6.07) is 9.86. The molecular formula is C15H17N5O. The molecule has 0 aliphatic rings. The average molecular weight is 283 g/mol. The molecule has 2 heterocycles. The highest BCUT2D eigenvalue weighted by atomic mass is 16.4. The highest BCUT2D eigenvalue weighted by molar-refractivity contribution is 5.55. The van der Waals surface area contributed by atoms with Gasteiger partial charge in [-0.3, -0.25) is 0 Å². The average Bonchev–Trinajstić information content (AvgIpc) is 3.07. The predicted octanol–water partition coefficient (Wildman–Crippen LogP) is 2.69. The number of rotatable bonds is 4. The molecule has 0 atom stereocenters. The summed E-state index contributed by atoms with van der Waals surface area (Å²) in [6.45, 7) is 4.53. The second kappa shape index (κ2) is 5.40. The van der Waals surface area contributed by atoms with Crippen LogP contribution in [0, 0.1) is 0 Å². The van der Waals surface area contributed by atoms with Crippen molar-refractivity contribution in [3.05, 3.63) is 48.1 Å². The van der Waals surface area contributed by atoms with Crippen molar-refractivity contribution < 1.29 is 4.42 Å². The molecule has 0 saturated carbocycles. The van der Waals surface area contributed by atoms with Crippen LogP contribution in [0.15, 0.2) is 40.9 Å². The van der Waals surface area contributed by atoms with Gasteiger partial charge < -0.3 is 10.2 Å². The molecule has 108 valence electrons. The van der Waals surface area contributed by atoms with Crippen LogP contribution >= 0.6 is 0 Å². The Labute approximate surface area is 122 Å². The van der Waals surface area contributed by atoms with Gasteiger partial charge in [0.15, 0.2) is 11.6 Å². The van der Waals surface area contributed by atoms with E-state index >= 15 is 0 Å². The smallest absolute Gasteiger partial charge is 0.216 e. The fourth-order valence-electron chi connectivity index (χ4n) is 2.29. The molecule has 3 aromatic rings. The van der Waals surface area contributed by atoms with Gasteiger partial charge in [-0.15, -0.1) is 5.10 Å². The zero-order valence-electron chi connectivity index (χ0n) is 12.0. The quantitative estimate of drug-likeness (QED) is 0.796. The first kappa shape index (κ1) is 13.4. The summed E-state index contributed by atoms with van der Waals surface area (Å²) in [6.07, 6.45) is 1.72. The Morgan fingerprint density at radius 1 is 1.24 bits per heavy atom. The third-order valence-electron chi connectivity index (χ3n) is 3.24. The molecule has 6 nitrogen and oxygen atoms in total. The van der Waals surface area contributed by atoms with E-state index in [0.717, 1.165) is 17.0 Å². The van der Waals surface area contributed by atoms with Crippen LogP contribution in [0.5, 0.6) is 0 Å². The zero-order chi connectivity index (χ0) is 14.8. The summed E-state index contributed by atoms with van der Waals surface area (Å²) in [7, 11) is 0. The SMILES string of the molecule is CC(C)c1c(N)nnn1Cc1ncc(-c2ccccc2)o1. The summed E-state index contributed by atoms with van der Waals surface area (Å²) >= 11 is 0. The zero-order valence-corrected chi connectivity index (χ0v) is 12.0. The van der Waals surface area contributed by atoms with Crippen LogP contribution < -0.4 is 5.73 Å². The number of hydrogen-bond donors (Lipinski definition) is 1. The maximum absolute atomic E-state index is 5.85. The van der Waals surface area contributed by atoms with Crippen LogP contribution in [0.25, 0.3) is 11.3 Å². The molecule has 0 aliphatic heterocycles. The van der Waals surface area contributed by atoms with E-state index in [2.05, 4.69) is 29.1 Å². The van der Waals surface area contributed by atoms with Crippen LogP contribution in [0.3, 0.4) is 0 Å². The van der Waals surface area contributed by atoms with E-state index in [0.29, 0.717) is 18.3 Å². The Kier molecular flexibility index (Phi) is 3.43. The lowest BCUT2D eigenvalue weighted by atomic mass is 10.1. The minimum Gasteiger partial charge on any atom is -0.439 e. The van der Waals surface area contributed by atoms with Crippen molar-refractivity contribution in [1.29, 1.82) is 0 Å². The summed E-state index contributed by atoms with van der Waals surface area (Å²) in [5.74, 6) is 2.02. The van der Waals surface area contributed by atoms with Crippen LogP contribution in [-0.4, -0.2) is 20.0 Å². The highest BCUT2D eigenvalue weighted by Crippen LogP contribution is 2.22. The Hall–Kier alpha value is -2.63. The number of nitrogens with zero attached hydrogens (tertiary/aromatic N) is 4. The number of oxazole rings is 1. The van der Waals surface area contributed by atoms with Gasteiger partial charge in [0.25, 0.3) is 0 Å². The van der Waals surface area contributed by atoms with E-state index in [1.807, 2.05) is 30.3 Å². The number of anilines is 1. The third kappa shape index (κ3) is 2.65. The van der Waals surface area contributed by atoms with E-state index in [-0.39, 0.29) is 5.92 Å². The molecule has 0 radical (unpaired) electrons. The molecule has 2 N–H and O–H groups in total. The van der Waals surface area contributed by atoms with Crippen LogP contribution in [0.1, 0.15) is 31.4 Å². The van der Waals surface area contributed by atoms with Crippen molar-refractivity contribution in [2.45, 2.75) is 26.3 Å². The monoisotopic (exact) mass is 283 g/mol. The van der Waals surface area contributed by atoms with E-state index in [1.54, 1.807) is 10.9 Å². The first-order chi connectivity index (χ1) is 10.1. The Morgan fingerprint density at radius 2 is 2.00 bits per heavy atom. The second-order valence-corrected chi connectivity index (χ2v) is 5.16. The molecule has 2 aromatic heterocycles. The first-order valence-corrected chi connectivity index (χ1v) is 6.84. The molecule has 0 aliphatic carbocycles. The number of aromatic nitrogens is 4. The predicted molar refractivity (Wildman–Crippen MR) is 79.6 cm³/mol. The molecule has 3 rings (SSSR count). The van der Waals surface area contributed by atoms with E-state index in [1.165, 1.54) is 0 Å². The molecule has 0 saturated heterocycles. The summed E-state index contributed by atoms with van der Waals surface area (Å²) in [5.41, 5.74) is 7.74. The van der Waals surface area contributed by atoms with Crippen molar-refractivity contribution in [1.82, 2.24) is 20.0 Å². The Bertz CT molecular complexity index is 730. The molecule has 1 aromatic carbocycles. The third-order valence-corrected chi connectivity index (χ3v) is 3.24. The van der Waals surface area contributed by atoms with Gasteiger partial charge in [0.1, 0.15) is 6.54 Å². The van der Waals surface area contributed by atoms with Crippen molar-refractivity contribution >= 4 is 5.82 Å². The topological polar surface area (TPSA) is 82.8 Å². The first-order valence-electron chi connectivity index (χ1n) is 6.84. The van der Waals surface area contributed by atoms with Crippen molar-refractivity contribution in [2.75, 3.05) is 5.73 Å². The van der Waals surface area contributed by atoms with Gasteiger partial charge >= 0.3 is 0 Å². The lowest BCUT2D eigenvalue weighted by molar-refractivity contribution is 0.459. The fraction of sp³-hybridized carbons (Fsp3) is 0.267. The minimum absolute atomic E-state index is 0.239. The van der Waals surface area contributed by atoms with E-state index in [9.17, 15) is 0 Å². The van der Waals surface area contributed by atoms with Gasteiger partial charge in [-0.05, 0) is 5.92 Å². The van der Waals surface area contributed by atoms with E-state index in [4.69, 9.17) is 10.2 Å². The molecule has 0 unspecified atom stereocenters. The van der Waals surface area contributed by atoms with Gasteiger partial charge in [-0.1, -0.05) is 49.4 Å². The number of nitrogen functional groups attached to an aromatic ring is 1. The van der Waals surface area contributed by atoms with Gasteiger partial charge in [0, 0.05) is 5.56 Å². The number of hydrogen-bond acceptors (Lipinski definition) is 5. The molecule has 21 heavy (non-hydrogen) atoms. The van der Waals surface area contributed by atoms with Gasteiger partial charge in [-0.2, -0.15) is 0 Å². The summed E-state index contributed by atoms with van der Waals surface area (Å²) in [4.78, 5) is 4.30. The standard InChI is InChI=1S/C15H17N5O/c1-10(2)14-15(16)18-19-20(14)9-13-17-8-12(21-13)11-6-4-3-5-7-11/h3-8,10H,9,16H2,1-2H3. The Balaban J connectivity index is 1.85. The maximum Gasteiger partial charge on any atom is 0.216 e. The van der Waals surface area contributed by atoms with Gasteiger partial charge in [0.2, 0.25) is 5.89 Å².